The second kappa shape index (κ2) is 7.73. The number of carbonyl (C=O) groups is 1. The Morgan fingerprint density at radius 1 is 1.12 bits per heavy atom. The Hall–Kier alpha value is -1.96. The molecular formula is C18H18ClFN2O3S. The first-order valence-electron chi connectivity index (χ1n) is 8.18. The fourth-order valence-corrected chi connectivity index (χ4v) is 4.59. The zero-order chi connectivity index (χ0) is 18.7. The zero-order valence-corrected chi connectivity index (χ0v) is 15.5. The van der Waals surface area contributed by atoms with E-state index in [1.54, 1.807) is 24.3 Å². The number of nitrogens with one attached hydrogen (secondary N) is 1. The quantitative estimate of drug-likeness (QED) is 0.838. The van der Waals surface area contributed by atoms with Gasteiger partial charge in [-0.1, -0.05) is 23.7 Å². The standard InChI is InChI=1S/C18H18ClFN2O3S/c19-16-11-15(7-8-17(16)20)21-18(23)14-5-3-13(4-6-14)12-26(24,25)22-9-1-2-10-22/h3-8,11H,1-2,9-10,12H2,(H,21,23). The van der Waals surface area contributed by atoms with Gasteiger partial charge in [-0.05, 0) is 48.7 Å². The molecule has 0 radical (unpaired) electrons. The third-order valence-corrected chi connectivity index (χ3v) is 6.34. The molecular weight excluding hydrogens is 379 g/mol. The molecule has 8 heteroatoms. The molecule has 1 N–H and O–H groups in total. The predicted molar refractivity (Wildman–Crippen MR) is 99.2 cm³/mol. The first kappa shape index (κ1) is 18.8. The van der Waals surface area contributed by atoms with Crippen molar-refractivity contribution < 1.29 is 17.6 Å². The topological polar surface area (TPSA) is 66.5 Å². The van der Waals surface area contributed by atoms with Crippen molar-refractivity contribution in [3.05, 3.63) is 64.4 Å². The van der Waals surface area contributed by atoms with Gasteiger partial charge in [0.1, 0.15) is 5.82 Å². The number of benzene rings is 2. The van der Waals surface area contributed by atoms with Crippen molar-refractivity contribution in [3.63, 3.8) is 0 Å². The average molecular weight is 397 g/mol. The molecule has 3 rings (SSSR count). The molecule has 0 spiro atoms. The van der Waals surface area contributed by atoms with E-state index < -0.39 is 15.8 Å². The van der Waals surface area contributed by atoms with E-state index in [1.165, 1.54) is 22.5 Å². The van der Waals surface area contributed by atoms with Crippen LogP contribution in [-0.4, -0.2) is 31.7 Å². The third-order valence-electron chi connectivity index (χ3n) is 4.20. The van der Waals surface area contributed by atoms with Gasteiger partial charge in [-0.25, -0.2) is 17.1 Å². The number of halogens is 2. The summed E-state index contributed by atoms with van der Waals surface area (Å²) in [6.45, 7) is 1.14. The molecule has 0 saturated carbocycles. The first-order valence-corrected chi connectivity index (χ1v) is 10.2. The van der Waals surface area contributed by atoms with Gasteiger partial charge >= 0.3 is 0 Å². The minimum Gasteiger partial charge on any atom is -0.322 e. The lowest BCUT2D eigenvalue weighted by atomic mass is 10.1. The normalized spacial score (nSPS) is 15.2. The number of carbonyl (C=O) groups excluding carboxylic acids is 1. The largest absolute Gasteiger partial charge is 0.322 e. The van der Waals surface area contributed by atoms with Crippen LogP contribution in [0.2, 0.25) is 5.02 Å². The van der Waals surface area contributed by atoms with Gasteiger partial charge in [0.15, 0.2) is 0 Å². The zero-order valence-electron chi connectivity index (χ0n) is 13.9. The highest BCUT2D eigenvalue weighted by Crippen LogP contribution is 2.21. The van der Waals surface area contributed by atoms with Gasteiger partial charge < -0.3 is 5.32 Å². The van der Waals surface area contributed by atoms with E-state index >= 15 is 0 Å². The summed E-state index contributed by atoms with van der Waals surface area (Å²) < 4.78 is 39.3. The molecule has 0 unspecified atom stereocenters. The summed E-state index contributed by atoms with van der Waals surface area (Å²) in [5.41, 5.74) is 1.37. The van der Waals surface area contributed by atoms with E-state index in [0.717, 1.165) is 12.8 Å². The van der Waals surface area contributed by atoms with Gasteiger partial charge in [0.05, 0.1) is 10.8 Å². The van der Waals surface area contributed by atoms with Crippen LogP contribution >= 0.6 is 11.6 Å². The van der Waals surface area contributed by atoms with Crippen molar-refractivity contribution in [1.29, 1.82) is 0 Å². The Morgan fingerprint density at radius 2 is 1.77 bits per heavy atom. The van der Waals surface area contributed by atoms with Crippen LogP contribution in [0.3, 0.4) is 0 Å². The number of hydrogen-bond donors (Lipinski definition) is 1. The van der Waals surface area contributed by atoms with Gasteiger partial charge in [0, 0.05) is 24.3 Å². The van der Waals surface area contributed by atoms with E-state index in [1.807, 2.05) is 0 Å². The molecule has 0 aliphatic carbocycles. The minimum atomic E-state index is -3.32. The number of anilines is 1. The highest BCUT2D eigenvalue weighted by Gasteiger charge is 2.25. The summed E-state index contributed by atoms with van der Waals surface area (Å²) in [4.78, 5) is 12.2. The van der Waals surface area contributed by atoms with Crippen molar-refractivity contribution in [2.45, 2.75) is 18.6 Å². The summed E-state index contributed by atoms with van der Waals surface area (Å²) in [7, 11) is -3.32. The van der Waals surface area contributed by atoms with Gasteiger partial charge in [-0.15, -0.1) is 0 Å². The van der Waals surface area contributed by atoms with Gasteiger partial charge in [-0.2, -0.15) is 0 Å². The molecule has 1 heterocycles. The lowest BCUT2D eigenvalue weighted by Gasteiger charge is -2.15. The lowest BCUT2D eigenvalue weighted by molar-refractivity contribution is 0.102. The molecule has 1 saturated heterocycles. The molecule has 138 valence electrons. The van der Waals surface area contributed by atoms with Crippen LogP contribution < -0.4 is 5.32 Å². The molecule has 1 amide bonds. The van der Waals surface area contributed by atoms with Crippen molar-refractivity contribution in [3.8, 4) is 0 Å². The highest BCUT2D eigenvalue weighted by atomic mass is 35.5. The van der Waals surface area contributed by atoms with Crippen LogP contribution in [0.4, 0.5) is 10.1 Å². The molecule has 5 nitrogen and oxygen atoms in total. The van der Waals surface area contributed by atoms with Crippen molar-refractivity contribution in [2.75, 3.05) is 18.4 Å². The van der Waals surface area contributed by atoms with E-state index in [-0.39, 0.29) is 16.7 Å². The number of nitrogens with zero attached hydrogens (tertiary/aromatic N) is 1. The van der Waals surface area contributed by atoms with Crippen molar-refractivity contribution >= 4 is 33.2 Å². The van der Waals surface area contributed by atoms with Gasteiger partial charge in [0.2, 0.25) is 10.0 Å². The smallest absolute Gasteiger partial charge is 0.255 e. The van der Waals surface area contributed by atoms with Crippen LogP contribution in [-0.2, 0) is 15.8 Å². The van der Waals surface area contributed by atoms with Crippen LogP contribution in [0, 0.1) is 5.82 Å². The molecule has 1 fully saturated rings. The van der Waals surface area contributed by atoms with Crippen molar-refractivity contribution in [2.24, 2.45) is 0 Å². The first-order chi connectivity index (χ1) is 12.3. The van der Waals surface area contributed by atoms with Crippen LogP contribution in [0.25, 0.3) is 0 Å². The Kier molecular flexibility index (Phi) is 5.60. The maximum Gasteiger partial charge on any atom is 0.255 e. The second-order valence-electron chi connectivity index (χ2n) is 6.14. The summed E-state index contributed by atoms with van der Waals surface area (Å²) in [6.07, 6.45) is 1.79. The summed E-state index contributed by atoms with van der Waals surface area (Å²) in [6, 6.07) is 10.3. The van der Waals surface area contributed by atoms with Gasteiger partial charge in [0.25, 0.3) is 5.91 Å². The Morgan fingerprint density at radius 3 is 2.38 bits per heavy atom. The van der Waals surface area contributed by atoms with E-state index in [2.05, 4.69) is 5.32 Å². The van der Waals surface area contributed by atoms with E-state index in [4.69, 9.17) is 11.6 Å². The average Bonchev–Trinajstić information content (AvgIpc) is 3.14. The number of hydrogen-bond acceptors (Lipinski definition) is 3. The number of rotatable bonds is 5. The predicted octanol–water partition coefficient (Wildman–Crippen LogP) is 3.66. The molecule has 1 aliphatic heterocycles. The summed E-state index contributed by atoms with van der Waals surface area (Å²) >= 11 is 5.69. The minimum absolute atomic E-state index is 0.0785. The Bertz CT molecular complexity index is 911. The molecule has 2 aromatic rings. The number of sulfonamides is 1. The third kappa shape index (κ3) is 4.41. The van der Waals surface area contributed by atoms with Crippen LogP contribution in [0.15, 0.2) is 42.5 Å². The lowest BCUT2D eigenvalue weighted by Crippen LogP contribution is -2.29. The molecule has 26 heavy (non-hydrogen) atoms. The maximum atomic E-state index is 13.2. The van der Waals surface area contributed by atoms with Crippen LogP contribution in [0.1, 0.15) is 28.8 Å². The van der Waals surface area contributed by atoms with Crippen molar-refractivity contribution in [1.82, 2.24) is 4.31 Å². The molecule has 0 bridgehead atoms. The SMILES string of the molecule is O=C(Nc1ccc(F)c(Cl)c1)c1ccc(CS(=O)(=O)N2CCCC2)cc1. The fourth-order valence-electron chi connectivity index (χ4n) is 2.80. The highest BCUT2D eigenvalue weighted by molar-refractivity contribution is 7.88. The van der Waals surface area contributed by atoms with E-state index in [9.17, 15) is 17.6 Å². The number of amides is 1. The van der Waals surface area contributed by atoms with Crippen LogP contribution in [0.5, 0.6) is 0 Å². The molecule has 0 aromatic heterocycles. The van der Waals surface area contributed by atoms with E-state index in [0.29, 0.717) is 29.9 Å². The summed E-state index contributed by atoms with van der Waals surface area (Å²) in [5.74, 6) is -1.03. The monoisotopic (exact) mass is 396 g/mol. The maximum absolute atomic E-state index is 13.2. The molecule has 1 aliphatic rings. The Labute approximate surface area is 156 Å². The molecule has 2 aromatic carbocycles. The Balaban J connectivity index is 1.66. The molecule has 0 atom stereocenters. The van der Waals surface area contributed by atoms with Gasteiger partial charge in [-0.3, -0.25) is 4.79 Å². The summed E-state index contributed by atoms with van der Waals surface area (Å²) in [5, 5.41) is 2.54. The fraction of sp³-hybridized carbons (Fsp3) is 0.278. The second-order valence-corrected chi connectivity index (χ2v) is 8.52.